The Kier molecular flexibility index (Phi) is 5.46. The number of thioether (sulfide) groups is 1. The highest BCUT2D eigenvalue weighted by Gasteiger charge is 2.39. The van der Waals surface area contributed by atoms with Crippen LogP contribution < -0.4 is 10.5 Å². The monoisotopic (exact) mass is 375 g/mol. The van der Waals surface area contributed by atoms with Gasteiger partial charge in [-0.2, -0.15) is 5.10 Å². The zero-order valence-electron chi connectivity index (χ0n) is 15.3. The van der Waals surface area contributed by atoms with E-state index in [2.05, 4.69) is 17.2 Å². The van der Waals surface area contributed by atoms with E-state index in [1.165, 1.54) is 5.56 Å². The quantitative estimate of drug-likeness (QED) is 0.806. The molecule has 0 saturated carbocycles. The van der Waals surface area contributed by atoms with Gasteiger partial charge in [0.1, 0.15) is 6.10 Å². The van der Waals surface area contributed by atoms with Crippen molar-refractivity contribution in [1.29, 1.82) is 0 Å². The third kappa shape index (κ3) is 4.33. The number of ether oxygens (including phenoxy) is 2. The second-order valence-corrected chi connectivity index (χ2v) is 8.58. The Hall–Kier alpha value is -2.15. The number of amides is 1. The molecule has 0 saturated heterocycles. The fraction of sp³-hybridized carbons (Fsp3) is 0.474. The lowest BCUT2D eigenvalue weighted by Gasteiger charge is -2.37. The predicted molar refractivity (Wildman–Crippen MR) is 101 cm³/mol. The second kappa shape index (κ2) is 7.61. The molecule has 140 valence electrons. The van der Waals surface area contributed by atoms with Gasteiger partial charge >= 0.3 is 6.09 Å². The minimum absolute atomic E-state index is 0.00173. The zero-order valence-corrected chi connectivity index (χ0v) is 16.2. The van der Waals surface area contributed by atoms with Crippen LogP contribution >= 0.6 is 11.8 Å². The summed E-state index contributed by atoms with van der Waals surface area (Å²) in [5.41, 5.74) is 6.28. The molecule has 1 aliphatic rings. The van der Waals surface area contributed by atoms with Crippen LogP contribution in [0.4, 0.5) is 4.79 Å². The molecule has 7 heteroatoms. The Morgan fingerprint density at radius 1 is 1.42 bits per heavy atom. The van der Waals surface area contributed by atoms with Crippen molar-refractivity contribution in [3.63, 3.8) is 0 Å². The molecule has 0 radical (unpaired) electrons. The number of benzene rings is 1. The molecule has 1 aromatic carbocycles. The first-order valence-electron chi connectivity index (χ1n) is 8.66. The minimum atomic E-state index is -0.754. The van der Waals surface area contributed by atoms with E-state index >= 15 is 0 Å². The number of carbonyl (C=O) groups is 1. The first-order valence-corrected chi connectivity index (χ1v) is 9.64. The van der Waals surface area contributed by atoms with Crippen molar-refractivity contribution < 1.29 is 14.3 Å². The molecule has 1 aliphatic heterocycles. The molecule has 0 spiro atoms. The molecule has 2 aromatic rings. The highest BCUT2D eigenvalue weighted by Crippen LogP contribution is 2.37. The normalized spacial score (nSPS) is 17.9. The first-order chi connectivity index (χ1) is 12.3. The highest BCUT2D eigenvalue weighted by atomic mass is 32.2. The molecule has 1 amide bonds. The fourth-order valence-electron chi connectivity index (χ4n) is 3.22. The topological polar surface area (TPSA) is 79.4 Å². The van der Waals surface area contributed by atoms with Gasteiger partial charge in [-0.15, -0.1) is 11.8 Å². The van der Waals surface area contributed by atoms with Crippen molar-refractivity contribution in [3.05, 3.63) is 42.1 Å². The van der Waals surface area contributed by atoms with Crippen molar-refractivity contribution in [2.75, 3.05) is 6.61 Å². The zero-order chi connectivity index (χ0) is 18.7. The standard InChI is InChI=1S/C19H25N3O3S/c1-19(2,3)16(25-18(20)23)14-10-22-17(24-11-14)15(9-21-22)26-12-13-7-5-4-6-8-13/h4-9,14,16H,10-12H2,1-3H3,(H2,20,23)/t14?,16-/m1/s1. The minimum Gasteiger partial charge on any atom is -0.477 e. The van der Waals surface area contributed by atoms with E-state index in [0.717, 1.165) is 16.5 Å². The number of rotatable bonds is 5. The van der Waals surface area contributed by atoms with Gasteiger partial charge in [-0.25, -0.2) is 9.48 Å². The molecule has 0 fully saturated rings. The average Bonchev–Trinajstić information content (AvgIpc) is 3.00. The highest BCUT2D eigenvalue weighted by molar-refractivity contribution is 7.98. The van der Waals surface area contributed by atoms with E-state index in [-0.39, 0.29) is 17.4 Å². The molecule has 6 nitrogen and oxygen atoms in total. The number of aromatic nitrogens is 2. The lowest BCUT2D eigenvalue weighted by molar-refractivity contribution is -0.0353. The van der Waals surface area contributed by atoms with Crippen LogP contribution in [-0.2, 0) is 17.0 Å². The van der Waals surface area contributed by atoms with Crippen LogP contribution in [0, 0.1) is 11.3 Å². The Morgan fingerprint density at radius 2 is 2.15 bits per heavy atom. The maximum atomic E-state index is 11.3. The van der Waals surface area contributed by atoms with Crippen LogP contribution in [0.25, 0.3) is 0 Å². The van der Waals surface area contributed by atoms with Gasteiger partial charge in [-0.05, 0) is 11.0 Å². The van der Waals surface area contributed by atoms with Crippen LogP contribution in [0.1, 0.15) is 26.3 Å². The van der Waals surface area contributed by atoms with Gasteiger partial charge < -0.3 is 15.2 Å². The molecule has 0 aliphatic carbocycles. The van der Waals surface area contributed by atoms with E-state index in [4.69, 9.17) is 15.2 Å². The largest absolute Gasteiger partial charge is 0.477 e. The average molecular weight is 375 g/mol. The van der Waals surface area contributed by atoms with Crippen molar-refractivity contribution >= 4 is 17.9 Å². The van der Waals surface area contributed by atoms with Gasteiger partial charge in [0.15, 0.2) is 0 Å². The summed E-state index contributed by atoms with van der Waals surface area (Å²) in [6.45, 7) is 7.19. The van der Waals surface area contributed by atoms with Gasteiger partial charge in [0.05, 0.1) is 30.2 Å². The van der Waals surface area contributed by atoms with E-state index in [1.807, 2.05) is 49.8 Å². The second-order valence-electron chi connectivity index (χ2n) is 7.56. The van der Waals surface area contributed by atoms with Gasteiger partial charge in [0, 0.05) is 5.75 Å². The third-order valence-electron chi connectivity index (χ3n) is 4.36. The van der Waals surface area contributed by atoms with Gasteiger partial charge in [0.2, 0.25) is 5.88 Å². The predicted octanol–water partition coefficient (Wildman–Crippen LogP) is 3.69. The summed E-state index contributed by atoms with van der Waals surface area (Å²) in [4.78, 5) is 12.3. The Bertz CT molecular complexity index is 755. The van der Waals surface area contributed by atoms with Crippen molar-refractivity contribution in [3.8, 4) is 5.88 Å². The van der Waals surface area contributed by atoms with E-state index in [1.54, 1.807) is 11.8 Å². The summed E-state index contributed by atoms with van der Waals surface area (Å²) >= 11 is 1.71. The smallest absolute Gasteiger partial charge is 0.404 e. The van der Waals surface area contributed by atoms with Gasteiger partial charge in [-0.3, -0.25) is 0 Å². The van der Waals surface area contributed by atoms with E-state index < -0.39 is 6.09 Å². The summed E-state index contributed by atoms with van der Waals surface area (Å²) in [5.74, 6) is 1.65. The third-order valence-corrected chi connectivity index (χ3v) is 5.43. The fourth-order valence-corrected chi connectivity index (χ4v) is 4.14. The SMILES string of the molecule is CC(C)(C)[C@H](OC(N)=O)C1COc2c(SCc3ccccc3)cnn2C1. The molecule has 0 bridgehead atoms. The number of hydrogen-bond donors (Lipinski definition) is 1. The molecule has 1 aromatic heterocycles. The number of nitrogens with two attached hydrogens (primary N) is 1. The number of fused-ring (bicyclic) bond motifs is 1. The van der Waals surface area contributed by atoms with Crippen LogP contribution in [0.5, 0.6) is 5.88 Å². The molecule has 3 rings (SSSR count). The van der Waals surface area contributed by atoms with Crippen molar-refractivity contribution in [1.82, 2.24) is 9.78 Å². The molecule has 1 unspecified atom stereocenters. The van der Waals surface area contributed by atoms with Crippen LogP contribution in [0.3, 0.4) is 0 Å². The molecule has 26 heavy (non-hydrogen) atoms. The Balaban J connectivity index is 1.69. The number of nitrogens with zero attached hydrogens (tertiary/aromatic N) is 2. The van der Waals surface area contributed by atoms with Crippen molar-refractivity contribution in [2.24, 2.45) is 17.1 Å². The number of hydrogen-bond acceptors (Lipinski definition) is 5. The molecule has 2 N–H and O–H groups in total. The van der Waals surface area contributed by atoms with Crippen LogP contribution in [-0.4, -0.2) is 28.6 Å². The first kappa shape index (κ1) is 18.6. The van der Waals surface area contributed by atoms with Gasteiger partial charge in [0.25, 0.3) is 0 Å². The van der Waals surface area contributed by atoms with E-state index in [9.17, 15) is 4.79 Å². The number of carbonyl (C=O) groups excluding carboxylic acids is 1. The Morgan fingerprint density at radius 3 is 2.81 bits per heavy atom. The van der Waals surface area contributed by atoms with Crippen LogP contribution in [0.15, 0.2) is 41.4 Å². The maximum absolute atomic E-state index is 11.3. The lowest BCUT2D eigenvalue weighted by atomic mass is 9.81. The van der Waals surface area contributed by atoms with Crippen molar-refractivity contribution in [2.45, 2.75) is 44.1 Å². The summed E-state index contributed by atoms with van der Waals surface area (Å²) < 4.78 is 13.2. The summed E-state index contributed by atoms with van der Waals surface area (Å²) in [6.07, 6.45) is 0.750. The van der Waals surface area contributed by atoms with Crippen LogP contribution in [0.2, 0.25) is 0 Å². The van der Waals surface area contributed by atoms with E-state index in [0.29, 0.717) is 13.2 Å². The molecular weight excluding hydrogens is 350 g/mol. The summed E-state index contributed by atoms with van der Waals surface area (Å²) in [7, 11) is 0. The number of primary amides is 1. The Labute approximate surface area is 158 Å². The molecule has 2 atom stereocenters. The maximum Gasteiger partial charge on any atom is 0.404 e. The van der Waals surface area contributed by atoms with Gasteiger partial charge in [-0.1, -0.05) is 51.1 Å². The molecule has 2 heterocycles. The molecular formula is C19H25N3O3S. The summed E-state index contributed by atoms with van der Waals surface area (Å²) in [6, 6.07) is 10.3. The summed E-state index contributed by atoms with van der Waals surface area (Å²) in [5, 5.41) is 4.46. The lowest BCUT2D eigenvalue weighted by Crippen LogP contribution is -2.45.